The summed E-state index contributed by atoms with van der Waals surface area (Å²) in [6.07, 6.45) is 4.17. The monoisotopic (exact) mass is 356 g/mol. The molecule has 1 heterocycles. The van der Waals surface area contributed by atoms with Gasteiger partial charge < -0.3 is 15.5 Å². The first-order valence-electron chi connectivity index (χ1n) is 9.12. The zero-order chi connectivity index (χ0) is 18.5. The topological polar surface area (TPSA) is 102 Å². The van der Waals surface area contributed by atoms with Gasteiger partial charge in [-0.2, -0.15) is 0 Å². The Morgan fingerprint density at radius 2 is 1.88 bits per heavy atom. The Bertz CT molecular complexity index is 850. The van der Waals surface area contributed by atoms with Crippen LogP contribution >= 0.6 is 0 Å². The van der Waals surface area contributed by atoms with Gasteiger partial charge in [0.1, 0.15) is 5.58 Å². The Labute approximate surface area is 151 Å². The molecule has 0 saturated heterocycles. The average Bonchev–Trinajstić information content (AvgIpc) is 2.63. The number of benzene rings is 1. The van der Waals surface area contributed by atoms with Crippen molar-refractivity contribution in [3.8, 4) is 0 Å². The molecule has 1 aromatic carbocycles. The summed E-state index contributed by atoms with van der Waals surface area (Å²) in [6, 6.07) is 8.39. The lowest BCUT2D eigenvalue weighted by Gasteiger charge is -2.28. The zero-order valence-electron chi connectivity index (χ0n) is 14.7. The molecule has 1 aromatic heterocycles. The highest BCUT2D eigenvalue weighted by Gasteiger charge is 2.25. The van der Waals surface area contributed by atoms with E-state index in [9.17, 15) is 14.4 Å². The van der Waals surface area contributed by atoms with E-state index >= 15 is 0 Å². The fourth-order valence-corrected chi connectivity index (χ4v) is 3.55. The third-order valence-electron chi connectivity index (χ3n) is 4.97. The van der Waals surface area contributed by atoms with Crippen molar-refractivity contribution >= 4 is 22.7 Å². The summed E-state index contributed by atoms with van der Waals surface area (Å²) in [4.78, 5) is 36.3. The van der Waals surface area contributed by atoms with Crippen molar-refractivity contribution in [2.75, 3.05) is 6.54 Å². The van der Waals surface area contributed by atoms with E-state index in [1.807, 2.05) is 0 Å². The van der Waals surface area contributed by atoms with Crippen molar-refractivity contribution in [1.82, 2.24) is 5.32 Å². The number of carbonyl (C=O) groups excluding carboxylic acids is 2. The van der Waals surface area contributed by atoms with Gasteiger partial charge in [0, 0.05) is 31.5 Å². The molecule has 2 aromatic rings. The van der Waals surface area contributed by atoms with Crippen LogP contribution in [-0.4, -0.2) is 24.3 Å². The Balaban J connectivity index is 1.58. The molecule has 0 aliphatic heterocycles. The second-order valence-corrected chi connectivity index (χ2v) is 6.92. The molecule has 3 N–H and O–H groups in total. The van der Waals surface area contributed by atoms with Gasteiger partial charge in [0.15, 0.2) is 17.0 Å². The molecule has 0 radical (unpaired) electrons. The molecule has 0 atom stereocenters. The van der Waals surface area contributed by atoms with E-state index in [2.05, 4.69) is 5.32 Å². The van der Waals surface area contributed by atoms with Crippen LogP contribution in [0.15, 0.2) is 39.5 Å². The molecule has 3 rings (SSSR count). The number of ketones is 1. The summed E-state index contributed by atoms with van der Waals surface area (Å²) in [7, 11) is 0. The molecular formula is C20H24N2O4. The van der Waals surface area contributed by atoms with Gasteiger partial charge in [-0.15, -0.1) is 0 Å². The molecular weight excluding hydrogens is 332 g/mol. The number of fused-ring (bicyclic) bond motifs is 1. The Morgan fingerprint density at radius 1 is 1.15 bits per heavy atom. The fraction of sp³-hybridized carbons (Fsp3) is 0.450. The van der Waals surface area contributed by atoms with Crippen LogP contribution < -0.4 is 16.5 Å². The van der Waals surface area contributed by atoms with E-state index in [4.69, 9.17) is 10.2 Å². The second kappa shape index (κ2) is 8.27. The summed E-state index contributed by atoms with van der Waals surface area (Å²) in [5, 5.41) is 3.47. The molecule has 1 aliphatic rings. The largest absolute Gasteiger partial charge is 0.453 e. The van der Waals surface area contributed by atoms with Crippen molar-refractivity contribution < 1.29 is 14.0 Å². The zero-order valence-corrected chi connectivity index (χ0v) is 14.7. The van der Waals surface area contributed by atoms with Crippen molar-refractivity contribution in [2.45, 2.75) is 44.6 Å². The SMILES string of the molecule is NCCC(=O)NC1CCC(CC(=O)c2cc(=O)c3ccccc3o2)CC1. The normalized spacial score (nSPS) is 20.0. The first-order valence-corrected chi connectivity index (χ1v) is 9.12. The standard InChI is InChI=1S/C20H24N2O4/c21-10-9-20(25)22-14-7-5-13(6-8-14)11-17(24)19-12-16(23)15-3-1-2-4-18(15)26-19/h1-4,12-14H,5-11,21H2,(H,22,25). The van der Waals surface area contributed by atoms with E-state index in [0.29, 0.717) is 30.4 Å². The van der Waals surface area contributed by atoms with Crippen molar-refractivity contribution in [2.24, 2.45) is 11.7 Å². The first-order chi connectivity index (χ1) is 12.6. The van der Waals surface area contributed by atoms with Crippen molar-refractivity contribution in [3.63, 3.8) is 0 Å². The summed E-state index contributed by atoms with van der Waals surface area (Å²) >= 11 is 0. The van der Waals surface area contributed by atoms with Crippen LogP contribution in [0.25, 0.3) is 11.0 Å². The quantitative estimate of drug-likeness (QED) is 0.774. The molecule has 138 valence electrons. The van der Waals surface area contributed by atoms with E-state index in [1.54, 1.807) is 24.3 Å². The van der Waals surface area contributed by atoms with Gasteiger partial charge >= 0.3 is 0 Å². The number of hydrogen-bond acceptors (Lipinski definition) is 5. The van der Waals surface area contributed by atoms with Crippen LogP contribution in [0.2, 0.25) is 0 Å². The van der Waals surface area contributed by atoms with Gasteiger partial charge in [0.2, 0.25) is 5.91 Å². The van der Waals surface area contributed by atoms with E-state index < -0.39 is 0 Å². The fourth-order valence-electron chi connectivity index (χ4n) is 3.55. The highest BCUT2D eigenvalue weighted by molar-refractivity contribution is 5.95. The van der Waals surface area contributed by atoms with Crippen LogP contribution in [0.5, 0.6) is 0 Å². The van der Waals surface area contributed by atoms with Crippen molar-refractivity contribution in [3.05, 3.63) is 46.3 Å². The molecule has 6 nitrogen and oxygen atoms in total. The number of nitrogens with one attached hydrogen (secondary N) is 1. The van der Waals surface area contributed by atoms with Crippen LogP contribution in [0.3, 0.4) is 0 Å². The molecule has 1 aliphatic carbocycles. The van der Waals surface area contributed by atoms with Gasteiger partial charge in [-0.05, 0) is 43.7 Å². The van der Waals surface area contributed by atoms with Crippen LogP contribution in [0.4, 0.5) is 0 Å². The maximum atomic E-state index is 12.5. The third kappa shape index (κ3) is 4.38. The molecule has 1 amide bonds. The molecule has 1 saturated carbocycles. The van der Waals surface area contributed by atoms with E-state index in [1.165, 1.54) is 6.07 Å². The van der Waals surface area contributed by atoms with Crippen LogP contribution in [0.1, 0.15) is 49.1 Å². The highest BCUT2D eigenvalue weighted by Crippen LogP contribution is 2.28. The number of Topliss-reactive ketones (excluding diaryl/α,β-unsaturated/α-hetero) is 1. The number of amides is 1. The summed E-state index contributed by atoms with van der Waals surface area (Å²) < 4.78 is 5.63. The van der Waals surface area contributed by atoms with E-state index in [-0.39, 0.29) is 34.8 Å². The second-order valence-electron chi connectivity index (χ2n) is 6.92. The average molecular weight is 356 g/mol. The number of carbonyl (C=O) groups is 2. The van der Waals surface area contributed by atoms with Gasteiger partial charge in [0.25, 0.3) is 0 Å². The van der Waals surface area contributed by atoms with Gasteiger partial charge in [0.05, 0.1) is 5.39 Å². The maximum Gasteiger partial charge on any atom is 0.221 e. The minimum absolute atomic E-state index is 0.00929. The van der Waals surface area contributed by atoms with Crippen molar-refractivity contribution in [1.29, 1.82) is 0 Å². The van der Waals surface area contributed by atoms with Crippen LogP contribution in [-0.2, 0) is 4.79 Å². The van der Waals surface area contributed by atoms with Gasteiger partial charge in [-0.3, -0.25) is 14.4 Å². The minimum Gasteiger partial charge on any atom is -0.453 e. The highest BCUT2D eigenvalue weighted by atomic mass is 16.3. The number of hydrogen-bond donors (Lipinski definition) is 2. The molecule has 6 heteroatoms. The Morgan fingerprint density at radius 3 is 2.62 bits per heavy atom. The van der Waals surface area contributed by atoms with Crippen LogP contribution in [0, 0.1) is 5.92 Å². The summed E-state index contributed by atoms with van der Waals surface area (Å²) in [5.74, 6) is 0.238. The summed E-state index contributed by atoms with van der Waals surface area (Å²) in [5.41, 5.74) is 5.63. The molecule has 0 unspecified atom stereocenters. The summed E-state index contributed by atoms with van der Waals surface area (Å²) in [6.45, 7) is 0.354. The Hall–Kier alpha value is -2.47. The lowest BCUT2D eigenvalue weighted by molar-refractivity contribution is -0.121. The Kier molecular flexibility index (Phi) is 5.83. The minimum atomic E-state index is -0.193. The molecule has 0 spiro atoms. The molecule has 1 fully saturated rings. The molecule has 26 heavy (non-hydrogen) atoms. The number of nitrogens with two attached hydrogens (primary N) is 1. The number of rotatable bonds is 6. The number of para-hydroxylation sites is 1. The third-order valence-corrected chi connectivity index (χ3v) is 4.97. The predicted molar refractivity (Wildman–Crippen MR) is 99.0 cm³/mol. The van der Waals surface area contributed by atoms with Gasteiger partial charge in [-0.25, -0.2) is 0 Å². The predicted octanol–water partition coefficient (Wildman–Crippen LogP) is 2.39. The lowest BCUT2D eigenvalue weighted by atomic mass is 9.83. The van der Waals surface area contributed by atoms with Gasteiger partial charge in [-0.1, -0.05) is 12.1 Å². The lowest BCUT2D eigenvalue weighted by Crippen LogP contribution is -2.38. The maximum absolute atomic E-state index is 12.5. The van der Waals surface area contributed by atoms with E-state index in [0.717, 1.165) is 25.7 Å². The smallest absolute Gasteiger partial charge is 0.221 e. The molecule has 0 bridgehead atoms. The first kappa shape index (κ1) is 18.3.